The van der Waals surface area contributed by atoms with Crippen molar-refractivity contribution in [2.24, 2.45) is 0 Å². The van der Waals surface area contributed by atoms with E-state index in [9.17, 15) is 14.4 Å². The molecule has 174 valence electrons. The predicted octanol–water partition coefficient (Wildman–Crippen LogP) is 3.65. The topological polar surface area (TPSA) is 110 Å². The minimum absolute atomic E-state index is 0.00585. The van der Waals surface area contributed by atoms with Crippen LogP contribution in [0.15, 0.2) is 71.0 Å². The highest BCUT2D eigenvalue weighted by molar-refractivity contribution is 6.36. The van der Waals surface area contributed by atoms with Gasteiger partial charge >= 0.3 is 0 Å². The lowest BCUT2D eigenvalue weighted by molar-refractivity contribution is -0.137. The smallest absolute Gasteiger partial charge is 0.278 e. The highest BCUT2D eigenvalue weighted by atomic mass is 16.5. The highest BCUT2D eigenvalue weighted by Gasteiger charge is 2.40. The summed E-state index contributed by atoms with van der Waals surface area (Å²) in [4.78, 5) is 39.2. The Hall–Kier alpha value is -4.53. The maximum atomic E-state index is 13.4. The van der Waals surface area contributed by atoms with E-state index < -0.39 is 11.8 Å². The molecule has 1 aliphatic heterocycles. The number of nitrogens with zero attached hydrogens (tertiary/aromatic N) is 1. The molecular weight excluding hydrogens is 438 g/mol. The first-order chi connectivity index (χ1) is 16.4. The fourth-order valence-electron chi connectivity index (χ4n) is 3.64. The van der Waals surface area contributed by atoms with Crippen LogP contribution in [0.4, 0.5) is 11.4 Å². The molecule has 9 heteroatoms. The second-order valence-electron chi connectivity index (χ2n) is 7.48. The van der Waals surface area contributed by atoms with Crippen LogP contribution in [0.1, 0.15) is 18.2 Å². The van der Waals surface area contributed by atoms with Crippen molar-refractivity contribution in [1.82, 2.24) is 4.90 Å². The molecule has 0 bridgehead atoms. The highest BCUT2D eigenvalue weighted by Crippen LogP contribution is 2.36. The Kier molecular flexibility index (Phi) is 6.35. The summed E-state index contributed by atoms with van der Waals surface area (Å²) >= 11 is 0. The van der Waals surface area contributed by atoms with Gasteiger partial charge in [-0.1, -0.05) is 6.07 Å². The quantitative estimate of drug-likeness (QED) is 0.493. The van der Waals surface area contributed by atoms with Gasteiger partial charge in [-0.15, -0.1) is 0 Å². The molecule has 3 amide bonds. The van der Waals surface area contributed by atoms with Gasteiger partial charge in [0, 0.05) is 18.3 Å². The molecule has 0 radical (unpaired) electrons. The maximum absolute atomic E-state index is 13.4. The zero-order chi connectivity index (χ0) is 24.2. The third-order valence-electron chi connectivity index (χ3n) is 5.21. The number of hydrogen-bond acceptors (Lipinski definition) is 7. The van der Waals surface area contributed by atoms with E-state index in [4.69, 9.17) is 13.9 Å². The normalized spacial score (nSPS) is 13.3. The summed E-state index contributed by atoms with van der Waals surface area (Å²) in [6, 6.07) is 15.2. The Morgan fingerprint density at radius 3 is 2.26 bits per heavy atom. The second kappa shape index (κ2) is 9.53. The first-order valence-electron chi connectivity index (χ1n) is 10.4. The van der Waals surface area contributed by atoms with Crippen molar-refractivity contribution in [1.29, 1.82) is 0 Å². The van der Waals surface area contributed by atoms with E-state index in [1.54, 1.807) is 54.6 Å². The monoisotopic (exact) mass is 461 g/mol. The van der Waals surface area contributed by atoms with Crippen LogP contribution in [0, 0.1) is 0 Å². The zero-order valence-corrected chi connectivity index (χ0v) is 18.9. The third kappa shape index (κ3) is 4.49. The molecule has 0 aliphatic carbocycles. The van der Waals surface area contributed by atoms with Gasteiger partial charge in [0.05, 0.1) is 32.6 Å². The number of rotatable bonds is 8. The van der Waals surface area contributed by atoms with Gasteiger partial charge in [0.2, 0.25) is 5.91 Å². The summed E-state index contributed by atoms with van der Waals surface area (Å²) in [7, 11) is 3.01. The van der Waals surface area contributed by atoms with Crippen LogP contribution in [0.3, 0.4) is 0 Å². The Bertz CT molecular complexity index is 1260. The average Bonchev–Trinajstić information content (AvgIpc) is 3.42. The number of ether oxygens (including phenoxy) is 2. The van der Waals surface area contributed by atoms with Crippen LogP contribution in [0.2, 0.25) is 0 Å². The summed E-state index contributed by atoms with van der Waals surface area (Å²) in [5, 5.41) is 5.77. The molecule has 0 spiro atoms. The fraction of sp³-hybridized carbons (Fsp3) is 0.160. The molecule has 9 nitrogen and oxygen atoms in total. The van der Waals surface area contributed by atoms with E-state index in [0.29, 0.717) is 34.2 Å². The van der Waals surface area contributed by atoms with Crippen LogP contribution in [-0.4, -0.2) is 36.8 Å². The van der Waals surface area contributed by atoms with Crippen molar-refractivity contribution in [2.45, 2.75) is 13.5 Å². The molecule has 2 heterocycles. The minimum atomic E-state index is -0.489. The molecule has 0 atom stereocenters. The molecule has 1 aliphatic rings. The second-order valence-corrected chi connectivity index (χ2v) is 7.48. The Balaban J connectivity index is 1.73. The number of carbonyl (C=O) groups excluding carboxylic acids is 3. The number of hydrogen-bond donors (Lipinski definition) is 2. The van der Waals surface area contributed by atoms with E-state index in [-0.39, 0.29) is 23.7 Å². The van der Waals surface area contributed by atoms with Crippen molar-refractivity contribution in [2.75, 3.05) is 24.9 Å². The Labute approximate surface area is 196 Å². The predicted molar refractivity (Wildman–Crippen MR) is 125 cm³/mol. The zero-order valence-electron chi connectivity index (χ0n) is 18.9. The molecule has 0 fully saturated rings. The van der Waals surface area contributed by atoms with E-state index in [1.807, 2.05) is 0 Å². The molecule has 2 aromatic carbocycles. The lowest BCUT2D eigenvalue weighted by Crippen LogP contribution is -2.31. The van der Waals surface area contributed by atoms with Gasteiger partial charge < -0.3 is 24.5 Å². The van der Waals surface area contributed by atoms with Crippen molar-refractivity contribution in [3.63, 3.8) is 0 Å². The van der Waals surface area contributed by atoms with E-state index in [2.05, 4.69) is 10.6 Å². The number of anilines is 2. The molecule has 0 saturated heterocycles. The van der Waals surface area contributed by atoms with E-state index in [1.165, 1.54) is 27.4 Å². The lowest BCUT2D eigenvalue weighted by Gasteiger charge is -2.14. The number of benzene rings is 2. The molecule has 3 aromatic rings. The number of carbonyl (C=O) groups is 3. The van der Waals surface area contributed by atoms with Gasteiger partial charge in [-0.25, -0.2) is 0 Å². The molecular formula is C25H23N3O6. The largest absolute Gasteiger partial charge is 0.493 e. The van der Waals surface area contributed by atoms with Gasteiger partial charge in [-0.3, -0.25) is 19.3 Å². The first-order valence-corrected chi connectivity index (χ1v) is 10.4. The number of nitrogens with one attached hydrogen (secondary N) is 2. The summed E-state index contributed by atoms with van der Waals surface area (Å²) in [6.45, 7) is 1.41. The average molecular weight is 461 g/mol. The molecule has 1 aromatic heterocycles. The van der Waals surface area contributed by atoms with Gasteiger partial charge in [-0.2, -0.15) is 0 Å². The van der Waals surface area contributed by atoms with Crippen LogP contribution in [0.5, 0.6) is 11.5 Å². The molecule has 0 saturated carbocycles. The summed E-state index contributed by atoms with van der Waals surface area (Å²) in [5.41, 5.74) is 2.00. The summed E-state index contributed by atoms with van der Waals surface area (Å²) in [5.74, 6) is 0.261. The SMILES string of the molecule is COc1ccc(C2=C(Nc3ccc(NC(C)=O)cc3)C(=O)N(Cc3ccco3)C2=O)cc1OC. The van der Waals surface area contributed by atoms with Crippen LogP contribution >= 0.6 is 0 Å². The van der Waals surface area contributed by atoms with Crippen molar-refractivity contribution in [3.8, 4) is 11.5 Å². The van der Waals surface area contributed by atoms with Crippen molar-refractivity contribution in [3.05, 3.63) is 77.9 Å². The van der Waals surface area contributed by atoms with Crippen LogP contribution in [-0.2, 0) is 20.9 Å². The summed E-state index contributed by atoms with van der Waals surface area (Å²) < 4.78 is 16.0. The first kappa shape index (κ1) is 22.7. The summed E-state index contributed by atoms with van der Waals surface area (Å²) in [6.07, 6.45) is 1.48. The van der Waals surface area contributed by atoms with Gasteiger partial charge in [0.15, 0.2) is 11.5 Å². The molecule has 4 rings (SSSR count). The number of furan rings is 1. The van der Waals surface area contributed by atoms with Gasteiger partial charge in [0.25, 0.3) is 11.8 Å². The van der Waals surface area contributed by atoms with E-state index in [0.717, 1.165) is 4.90 Å². The van der Waals surface area contributed by atoms with Gasteiger partial charge in [-0.05, 0) is 54.1 Å². The lowest BCUT2D eigenvalue weighted by atomic mass is 10.0. The maximum Gasteiger partial charge on any atom is 0.278 e. The number of imide groups is 1. The van der Waals surface area contributed by atoms with Crippen molar-refractivity contribution >= 4 is 34.7 Å². The minimum Gasteiger partial charge on any atom is -0.493 e. The van der Waals surface area contributed by atoms with Crippen molar-refractivity contribution < 1.29 is 28.3 Å². The van der Waals surface area contributed by atoms with Gasteiger partial charge in [0.1, 0.15) is 11.5 Å². The standard InChI is InChI=1S/C25H23N3O6/c1-15(29)26-17-7-9-18(10-8-17)27-23-22(16-6-11-20(32-2)21(13-16)33-3)24(30)28(25(23)31)14-19-5-4-12-34-19/h4-13,27H,14H2,1-3H3,(H,26,29). The molecule has 34 heavy (non-hydrogen) atoms. The molecule has 0 unspecified atom stereocenters. The number of amides is 3. The fourth-order valence-corrected chi connectivity index (χ4v) is 3.64. The van der Waals surface area contributed by atoms with E-state index >= 15 is 0 Å². The van der Waals surface area contributed by atoms with Crippen LogP contribution in [0.25, 0.3) is 5.57 Å². The van der Waals surface area contributed by atoms with Crippen LogP contribution < -0.4 is 20.1 Å². The number of methoxy groups -OCH3 is 2. The molecule has 2 N–H and O–H groups in total. The Morgan fingerprint density at radius 2 is 1.65 bits per heavy atom. The third-order valence-corrected chi connectivity index (χ3v) is 5.21. The Morgan fingerprint density at radius 1 is 0.941 bits per heavy atom.